The van der Waals surface area contributed by atoms with Crippen molar-refractivity contribution in [2.45, 2.75) is 6.54 Å². The second-order valence-corrected chi connectivity index (χ2v) is 9.32. The molecule has 1 aromatic heterocycles. The molecule has 0 unspecified atom stereocenters. The van der Waals surface area contributed by atoms with Crippen LogP contribution in [0, 0.1) is 7.14 Å². The number of benzene rings is 2. The van der Waals surface area contributed by atoms with Gasteiger partial charge in [-0.2, -0.15) is 20.1 Å². The molecule has 1 aliphatic heterocycles. The van der Waals surface area contributed by atoms with Crippen molar-refractivity contribution >= 4 is 81.6 Å². The van der Waals surface area contributed by atoms with Gasteiger partial charge in [0.15, 0.2) is 0 Å². The van der Waals surface area contributed by atoms with Crippen LogP contribution >= 0.6 is 57.6 Å². The van der Waals surface area contributed by atoms with Crippen LogP contribution in [-0.4, -0.2) is 52.6 Å². The molecule has 4 rings (SSSR count). The molecule has 0 radical (unpaired) electrons. The van der Waals surface area contributed by atoms with E-state index >= 15 is 0 Å². The van der Waals surface area contributed by atoms with Gasteiger partial charge in [0.05, 0.1) is 23.0 Å². The normalized spacial score (nSPS) is 13.6. The number of ether oxygens (including phenoxy) is 1. The molecule has 1 aliphatic rings. The van der Waals surface area contributed by atoms with Crippen molar-refractivity contribution in [2.24, 2.45) is 5.10 Å². The average molecular weight is 694 g/mol. The molecule has 0 bridgehead atoms. The summed E-state index contributed by atoms with van der Waals surface area (Å²) in [6.45, 7) is 3.26. The lowest BCUT2D eigenvalue weighted by molar-refractivity contribution is 0.122. The molecule has 33 heavy (non-hydrogen) atoms. The van der Waals surface area contributed by atoms with Gasteiger partial charge in [-0.15, -0.1) is 12.4 Å². The molecule has 174 valence electrons. The summed E-state index contributed by atoms with van der Waals surface area (Å²) in [5.74, 6) is 1.51. The van der Waals surface area contributed by atoms with Gasteiger partial charge < -0.3 is 20.1 Å². The van der Waals surface area contributed by atoms with Crippen LogP contribution in [0.3, 0.4) is 0 Å². The van der Waals surface area contributed by atoms with E-state index in [0.717, 1.165) is 12.7 Å². The van der Waals surface area contributed by atoms with Crippen LogP contribution in [0.5, 0.6) is 5.75 Å². The van der Waals surface area contributed by atoms with Crippen LogP contribution in [0.1, 0.15) is 11.1 Å². The Morgan fingerprint density at radius 2 is 1.79 bits per heavy atom. The minimum absolute atomic E-state index is 0. The summed E-state index contributed by atoms with van der Waals surface area (Å²) < 4.78 is 7.21. The van der Waals surface area contributed by atoms with Crippen LogP contribution in [0.2, 0.25) is 0 Å². The molecule has 2 aromatic carbocycles. The lowest BCUT2D eigenvalue weighted by Gasteiger charge is -2.27. The number of nitrogens with zero attached hydrogens (tertiary/aromatic N) is 5. The molecule has 12 heteroatoms. The van der Waals surface area contributed by atoms with Crippen molar-refractivity contribution in [1.82, 2.24) is 15.0 Å². The number of aromatic hydroxyl groups is 1. The third-order valence-corrected chi connectivity index (χ3v) is 6.08. The SMILES string of the molecule is Cl.Oc1c(I)cc(I)cc1C=NNc1nc(NCc2ccccc2)nc(N2CCOCC2)n1. The molecule has 9 nitrogen and oxygen atoms in total. The maximum atomic E-state index is 10.3. The third kappa shape index (κ3) is 7.25. The van der Waals surface area contributed by atoms with Crippen LogP contribution < -0.4 is 15.6 Å². The van der Waals surface area contributed by atoms with Crippen molar-refractivity contribution in [2.75, 3.05) is 41.9 Å². The zero-order valence-electron chi connectivity index (χ0n) is 17.4. The van der Waals surface area contributed by atoms with Crippen molar-refractivity contribution in [3.05, 3.63) is 60.7 Å². The van der Waals surface area contributed by atoms with E-state index in [-0.39, 0.29) is 18.2 Å². The number of nitrogens with one attached hydrogen (secondary N) is 2. The van der Waals surface area contributed by atoms with E-state index in [9.17, 15) is 5.11 Å². The van der Waals surface area contributed by atoms with Gasteiger partial charge in [-0.05, 0) is 62.9 Å². The van der Waals surface area contributed by atoms with Gasteiger partial charge in [0, 0.05) is 28.8 Å². The summed E-state index contributed by atoms with van der Waals surface area (Å²) in [5, 5.41) is 17.8. The second kappa shape index (κ2) is 12.5. The van der Waals surface area contributed by atoms with Gasteiger partial charge in [-0.3, -0.25) is 0 Å². The maximum absolute atomic E-state index is 10.3. The number of hydrogen-bond acceptors (Lipinski definition) is 9. The Morgan fingerprint density at radius 3 is 2.55 bits per heavy atom. The monoisotopic (exact) mass is 693 g/mol. The zero-order valence-corrected chi connectivity index (χ0v) is 22.5. The molecule has 0 aliphatic carbocycles. The molecule has 3 aromatic rings. The van der Waals surface area contributed by atoms with E-state index in [1.807, 2.05) is 42.5 Å². The Kier molecular flexibility index (Phi) is 9.70. The first-order chi connectivity index (χ1) is 15.6. The summed E-state index contributed by atoms with van der Waals surface area (Å²) in [6.07, 6.45) is 1.55. The zero-order chi connectivity index (χ0) is 22.3. The average Bonchev–Trinajstić information content (AvgIpc) is 2.82. The summed E-state index contributed by atoms with van der Waals surface area (Å²) in [6, 6.07) is 13.8. The van der Waals surface area contributed by atoms with Crippen molar-refractivity contribution in [1.29, 1.82) is 0 Å². The smallest absolute Gasteiger partial charge is 0.250 e. The first kappa shape index (κ1) is 25.6. The topological polar surface area (TPSA) is 108 Å². The highest BCUT2D eigenvalue weighted by atomic mass is 127. The lowest BCUT2D eigenvalue weighted by atomic mass is 10.2. The van der Waals surface area contributed by atoms with Crippen LogP contribution in [-0.2, 0) is 11.3 Å². The highest BCUT2D eigenvalue weighted by Crippen LogP contribution is 2.25. The van der Waals surface area contributed by atoms with Crippen LogP contribution in [0.25, 0.3) is 0 Å². The summed E-state index contributed by atoms with van der Waals surface area (Å²) >= 11 is 4.30. The number of hydrogen-bond donors (Lipinski definition) is 3. The molecular weight excluding hydrogens is 672 g/mol. The minimum Gasteiger partial charge on any atom is -0.506 e. The molecule has 0 saturated carbocycles. The van der Waals surface area contributed by atoms with Crippen molar-refractivity contribution < 1.29 is 9.84 Å². The van der Waals surface area contributed by atoms with E-state index in [0.29, 0.717) is 56.3 Å². The van der Waals surface area contributed by atoms with Crippen molar-refractivity contribution in [3.63, 3.8) is 0 Å². The predicted molar refractivity (Wildman–Crippen MR) is 149 cm³/mol. The Morgan fingerprint density at radius 1 is 1.06 bits per heavy atom. The Hall–Kier alpha value is -1.97. The highest BCUT2D eigenvalue weighted by molar-refractivity contribution is 14.1. The molecule has 0 amide bonds. The first-order valence-electron chi connectivity index (χ1n) is 9.92. The molecule has 2 heterocycles. The van der Waals surface area contributed by atoms with Gasteiger partial charge in [0.1, 0.15) is 5.75 Å². The molecule has 1 fully saturated rings. The Bertz CT molecular complexity index is 1100. The second-order valence-electron chi connectivity index (χ2n) is 6.92. The van der Waals surface area contributed by atoms with Gasteiger partial charge in [-0.25, -0.2) is 5.43 Å². The summed E-state index contributed by atoms with van der Waals surface area (Å²) in [4.78, 5) is 15.6. The van der Waals surface area contributed by atoms with E-state index in [1.54, 1.807) is 6.21 Å². The molecule has 0 atom stereocenters. The quantitative estimate of drug-likeness (QED) is 0.193. The lowest BCUT2D eigenvalue weighted by Crippen LogP contribution is -2.37. The Labute approximate surface area is 225 Å². The fourth-order valence-corrected chi connectivity index (χ4v) is 4.91. The number of morpholine rings is 1. The number of hydrazone groups is 1. The number of phenolic OH excluding ortho intramolecular Hbond substituents is 1. The fraction of sp³-hybridized carbons (Fsp3) is 0.238. The van der Waals surface area contributed by atoms with E-state index in [1.165, 1.54) is 0 Å². The highest BCUT2D eigenvalue weighted by Gasteiger charge is 2.16. The number of aromatic nitrogens is 3. The van der Waals surface area contributed by atoms with Crippen molar-refractivity contribution in [3.8, 4) is 5.75 Å². The van der Waals surface area contributed by atoms with Gasteiger partial charge in [-0.1, -0.05) is 30.3 Å². The number of phenols is 1. The molecule has 3 N–H and O–H groups in total. The summed E-state index contributed by atoms with van der Waals surface area (Å²) in [5.41, 5.74) is 4.60. The van der Waals surface area contributed by atoms with Gasteiger partial charge in [0.2, 0.25) is 17.8 Å². The van der Waals surface area contributed by atoms with Crippen LogP contribution in [0.4, 0.5) is 17.8 Å². The molecule has 0 spiro atoms. The van der Waals surface area contributed by atoms with Crippen LogP contribution in [0.15, 0.2) is 47.6 Å². The number of anilines is 3. The minimum atomic E-state index is 0. The number of halogens is 3. The largest absolute Gasteiger partial charge is 0.506 e. The molecule has 1 saturated heterocycles. The summed E-state index contributed by atoms with van der Waals surface area (Å²) in [7, 11) is 0. The van der Waals surface area contributed by atoms with E-state index in [2.05, 4.69) is 80.9 Å². The van der Waals surface area contributed by atoms with Gasteiger partial charge in [0.25, 0.3) is 0 Å². The fourth-order valence-electron chi connectivity index (χ4n) is 3.02. The standard InChI is InChI=1S/C21H21I2N7O2.ClH/c22-16-10-15(18(31)17(23)11-16)13-25-29-20-26-19(24-12-14-4-2-1-3-5-14)27-21(28-20)30-6-8-32-9-7-30;/h1-5,10-11,13,31H,6-9,12H2,(H2,24,26,27,28,29);1H. The Balaban J connectivity index is 0.00000306. The van der Waals surface area contributed by atoms with E-state index < -0.39 is 0 Å². The molecular formula is C21H22ClI2N7O2. The van der Waals surface area contributed by atoms with E-state index in [4.69, 9.17) is 4.74 Å². The third-order valence-electron chi connectivity index (χ3n) is 4.64. The first-order valence-corrected chi connectivity index (χ1v) is 12.1. The maximum Gasteiger partial charge on any atom is 0.250 e. The van der Waals surface area contributed by atoms with Gasteiger partial charge >= 0.3 is 0 Å². The predicted octanol–water partition coefficient (Wildman–Crippen LogP) is 4.10. The number of rotatable bonds is 7.